The zero-order valence-electron chi connectivity index (χ0n) is 15.1. The minimum Gasteiger partial charge on any atom is -0.444 e. The van der Waals surface area contributed by atoms with Crippen molar-refractivity contribution in [2.75, 3.05) is 5.73 Å². The van der Waals surface area contributed by atoms with Crippen LogP contribution >= 0.6 is 0 Å². The van der Waals surface area contributed by atoms with Crippen LogP contribution in [-0.4, -0.2) is 26.5 Å². The molecule has 2 rings (SSSR count). The second-order valence-electron chi connectivity index (χ2n) is 6.80. The quantitative estimate of drug-likeness (QED) is 0.813. The van der Waals surface area contributed by atoms with Crippen molar-refractivity contribution in [3.05, 3.63) is 42.9 Å². The van der Waals surface area contributed by atoms with Gasteiger partial charge >= 0.3 is 6.09 Å². The molecule has 3 N–H and O–H groups in total. The molecule has 25 heavy (non-hydrogen) atoms. The van der Waals surface area contributed by atoms with Gasteiger partial charge in [0.15, 0.2) is 0 Å². The van der Waals surface area contributed by atoms with Gasteiger partial charge in [0.1, 0.15) is 5.60 Å². The van der Waals surface area contributed by atoms with Crippen molar-refractivity contribution in [3.63, 3.8) is 0 Å². The van der Waals surface area contributed by atoms with Gasteiger partial charge in [-0.3, -0.25) is 9.67 Å². The smallest absolute Gasteiger partial charge is 0.408 e. The van der Waals surface area contributed by atoms with Crippen molar-refractivity contribution in [1.29, 1.82) is 0 Å². The maximum absolute atomic E-state index is 12.1. The summed E-state index contributed by atoms with van der Waals surface area (Å²) in [5, 5.41) is 7.02. The van der Waals surface area contributed by atoms with Crippen LogP contribution in [0.15, 0.2) is 37.3 Å². The van der Waals surface area contributed by atoms with Crippen LogP contribution in [0.4, 0.5) is 10.5 Å². The summed E-state index contributed by atoms with van der Waals surface area (Å²) < 4.78 is 7.03. The van der Waals surface area contributed by atoms with Crippen molar-refractivity contribution >= 4 is 11.8 Å². The van der Waals surface area contributed by atoms with Crippen molar-refractivity contribution < 1.29 is 9.53 Å². The van der Waals surface area contributed by atoms with Gasteiger partial charge in [0.05, 0.1) is 23.6 Å². The Balaban J connectivity index is 2.28. The molecule has 0 bridgehead atoms. The molecule has 0 aliphatic rings. The first-order chi connectivity index (χ1) is 11.7. The molecule has 134 valence electrons. The van der Waals surface area contributed by atoms with E-state index < -0.39 is 11.7 Å². The molecule has 0 aliphatic carbocycles. The number of ether oxygens (including phenoxy) is 1. The Kier molecular flexibility index (Phi) is 5.46. The van der Waals surface area contributed by atoms with Gasteiger partial charge in [0, 0.05) is 25.0 Å². The third-order valence-electron chi connectivity index (χ3n) is 3.50. The molecule has 0 spiro atoms. The van der Waals surface area contributed by atoms with E-state index in [0.29, 0.717) is 12.1 Å². The number of hydrogen-bond donors (Lipinski definition) is 2. The molecule has 1 amide bonds. The van der Waals surface area contributed by atoms with Crippen LogP contribution in [0.1, 0.15) is 38.8 Å². The highest BCUT2D eigenvalue weighted by molar-refractivity contribution is 5.72. The normalized spacial score (nSPS) is 12.5. The number of nitrogen functional groups attached to an aromatic ring is 1. The molecule has 1 unspecified atom stereocenters. The van der Waals surface area contributed by atoms with E-state index in [4.69, 9.17) is 10.5 Å². The van der Waals surface area contributed by atoms with Gasteiger partial charge in [-0.15, -0.1) is 6.58 Å². The zero-order chi connectivity index (χ0) is 18.6. The van der Waals surface area contributed by atoms with E-state index in [0.717, 1.165) is 16.8 Å². The maximum atomic E-state index is 12.1. The largest absolute Gasteiger partial charge is 0.444 e. The average Bonchev–Trinajstić information content (AvgIpc) is 2.84. The van der Waals surface area contributed by atoms with Gasteiger partial charge in [0.25, 0.3) is 0 Å². The minimum absolute atomic E-state index is 0.297. The first kappa shape index (κ1) is 18.5. The lowest BCUT2D eigenvalue weighted by Crippen LogP contribution is -2.34. The van der Waals surface area contributed by atoms with E-state index in [-0.39, 0.29) is 6.04 Å². The van der Waals surface area contributed by atoms with Gasteiger partial charge < -0.3 is 15.8 Å². The molecule has 0 saturated carbocycles. The lowest BCUT2D eigenvalue weighted by molar-refractivity contribution is 0.0504. The van der Waals surface area contributed by atoms with Crippen LogP contribution in [-0.2, 0) is 11.8 Å². The Morgan fingerprint density at radius 1 is 1.44 bits per heavy atom. The second kappa shape index (κ2) is 7.38. The number of aryl methyl sites for hydroxylation is 1. The number of nitrogens with zero attached hydrogens (tertiary/aromatic N) is 3. The van der Waals surface area contributed by atoms with Crippen molar-refractivity contribution in [2.45, 2.75) is 38.8 Å². The fraction of sp³-hybridized carbons (Fsp3) is 0.389. The van der Waals surface area contributed by atoms with Gasteiger partial charge in [-0.2, -0.15) is 5.10 Å². The third kappa shape index (κ3) is 4.82. The lowest BCUT2D eigenvalue weighted by atomic mass is 10.0. The Morgan fingerprint density at radius 3 is 2.72 bits per heavy atom. The molecule has 0 radical (unpaired) electrons. The molecule has 2 aromatic heterocycles. The number of amides is 1. The number of aromatic nitrogens is 3. The van der Waals surface area contributed by atoms with E-state index in [1.54, 1.807) is 29.3 Å². The van der Waals surface area contributed by atoms with E-state index in [2.05, 4.69) is 22.0 Å². The standard InChI is InChI=1S/C18H25N5O2/c1-6-7-15(22-17(24)25-18(2,3)4)12-8-13(10-20-9-12)16-14(19)11-21-23(16)5/h6,8-11,15H,1,7,19H2,2-5H3,(H,22,24). The van der Waals surface area contributed by atoms with E-state index in [1.807, 2.05) is 33.9 Å². The van der Waals surface area contributed by atoms with Crippen LogP contribution < -0.4 is 11.1 Å². The number of carbonyl (C=O) groups excluding carboxylic acids is 1. The second-order valence-corrected chi connectivity index (χ2v) is 6.80. The molecule has 1 atom stereocenters. The molecular formula is C18H25N5O2. The minimum atomic E-state index is -0.563. The van der Waals surface area contributed by atoms with Crippen LogP contribution in [0.5, 0.6) is 0 Å². The molecule has 7 heteroatoms. The number of nitrogens with one attached hydrogen (secondary N) is 1. The fourth-order valence-electron chi connectivity index (χ4n) is 2.48. The van der Waals surface area contributed by atoms with Crippen LogP contribution in [0.25, 0.3) is 11.3 Å². The van der Waals surface area contributed by atoms with Crippen LogP contribution in [0.3, 0.4) is 0 Å². The number of pyridine rings is 1. The van der Waals surface area contributed by atoms with Crippen LogP contribution in [0, 0.1) is 0 Å². The predicted molar refractivity (Wildman–Crippen MR) is 97.8 cm³/mol. The van der Waals surface area contributed by atoms with Gasteiger partial charge in [-0.05, 0) is 38.8 Å². The highest BCUT2D eigenvalue weighted by Crippen LogP contribution is 2.27. The summed E-state index contributed by atoms with van der Waals surface area (Å²) in [6, 6.07) is 1.64. The SMILES string of the molecule is C=CCC(NC(=O)OC(C)(C)C)c1cncc(-c2c(N)cnn2C)c1. The molecule has 2 heterocycles. The van der Waals surface area contributed by atoms with Crippen molar-refractivity contribution in [2.24, 2.45) is 7.05 Å². The summed E-state index contributed by atoms with van der Waals surface area (Å²) >= 11 is 0. The maximum Gasteiger partial charge on any atom is 0.408 e. The Bertz CT molecular complexity index is 742. The molecule has 0 aliphatic heterocycles. The number of carbonyl (C=O) groups is 1. The summed E-state index contributed by atoms with van der Waals surface area (Å²) in [4.78, 5) is 16.4. The molecule has 0 fully saturated rings. The summed E-state index contributed by atoms with van der Waals surface area (Å²) in [5.41, 5.74) is 8.45. The lowest BCUT2D eigenvalue weighted by Gasteiger charge is -2.23. The molecule has 0 saturated heterocycles. The summed E-state index contributed by atoms with van der Waals surface area (Å²) in [7, 11) is 1.82. The first-order valence-electron chi connectivity index (χ1n) is 8.04. The fourth-order valence-corrected chi connectivity index (χ4v) is 2.48. The molecular weight excluding hydrogens is 318 g/mol. The topological polar surface area (TPSA) is 95.1 Å². The monoisotopic (exact) mass is 343 g/mol. The molecule has 0 aromatic carbocycles. The number of rotatable bonds is 5. The zero-order valence-corrected chi connectivity index (χ0v) is 15.1. The van der Waals surface area contributed by atoms with Gasteiger partial charge in [-0.25, -0.2) is 4.79 Å². The van der Waals surface area contributed by atoms with Gasteiger partial charge in [-0.1, -0.05) is 6.08 Å². The Hall–Kier alpha value is -2.83. The van der Waals surface area contributed by atoms with E-state index in [9.17, 15) is 4.79 Å². The van der Waals surface area contributed by atoms with Gasteiger partial charge in [0.2, 0.25) is 0 Å². The predicted octanol–water partition coefficient (Wildman–Crippen LogP) is 3.21. The summed E-state index contributed by atoms with van der Waals surface area (Å²) in [5.74, 6) is 0. The highest BCUT2D eigenvalue weighted by Gasteiger charge is 2.21. The van der Waals surface area contributed by atoms with E-state index >= 15 is 0 Å². The molecule has 7 nitrogen and oxygen atoms in total. The Labute approximate surface area is 147 Å². The van der Waals surface area contributed by atoms with Crippen molar-refractivity contribution in [1.82, 2.24) is 20.1 Å². The van der Waals surface area contributed by atoms with E-state index in [1.165, 1.54) is 0 Å². The average molecular weight is 343 g/mol. The number of hydrogen-bond acceptors (Lipinski definition) is 5. The Morgan fingerprint density at radius 2 is 2.16 bits per heavy atom. The number of anilines is 1. The van der Waals surface area contributed by atoms with Crippen LogP contribution in [0.2, 0.25) is 0 Å². The number of alkyl carbamates (subject to hydrolysis) is 1. The first-order valence-corrected chi connectivity index (χ1v) is 8.04. The third-order valence-corrected chi connectivity index (χ3v) is 3.50. The number of nitrogens with two attached hydrogens (primary N) is 1. The summed E-state index contributed by atoms with van der Waals surface area (Å²) in [6.45, 7) is 9.23. The van der Waals surface area contributed by atoms with Crippen molar-refractivity contribution in [3.8, 4) is 11.3 Å². The summed E-state index contributed by atoms with van der Waals surface area (Å²) in [6.07, 6.45) is 6.84. The molecule has 2 aromatic rings. The highest BCUT2D eigenvalue weighted by atomic mass is 16.6.